The second-order valence-electron chi connectivity index (χ2n) is 4.66. The summed E-state index contributed by atoms with van der Waals surface area (Å²) in [6.45, 7) is 3.05. The Bertz CT molecular complexity index is 622. The van der Waals surface area contributed by atoms with E-state index in [0.29, 0.717) is 24.5 Å². The number of nitrogens with two attached hydrogens (primary N) is 1. The van der Waals surface area contributed by atoms with Crippen LogP contribution in [0.15, 0.2) is 30.3 Å². The summed E-state index contributed by atoms with van der Waals surface area (Å²) in [5.41, 5.74) is 10.9. The van der Waals surface area contributed by atoms with E-state index < -0.39 is 0 Å². The topological polar surface area (TPSA) is 35.2 Å². The molecule has 1 heterocycles. The van der Waals surface area contributed by atoms with Gasteiger partial charge >= 0.3 is 0 Å². The highest BCUT2D eigenvalue weighted by Gasteiger charge is 2.14. The number of fused-ring (bicyclic) bond motifs is 1. The lowest BCUT2D eigenvalue weighted by atomic mass is 9.98. The predicted molar refractivity (Wildman–Crippen MR) is 69.5 cm³/mol. The number of halogens is 1. The van der Waals surface area contributed by atoms with E-state index in [9.17, 15) is 4.39 Å². The highest BCUT2D eigenvalue weighted by molar-refractivity contribution is 5.70. The SMILES string of the molecule is Cc1cc(F)c(-c2ccc3c(c2)COC3)cc1N. The second kappa shape index (κ2) is 4.10. The molecule has 0 saturated carbocycles. The van der Waals surface area contributed by atoms with Crippen molar-refractivity contribution in [1.29, 1.82) is 0 Å². The number of ether oxygens (including phenoxy) is 1. The van der Waals surface area contributed by atoms with Gasteiger partial charge in [0.05, 0.1) is 13.2 Å². The van der Waals surface area contributed by atoms with Gasteiger partial charge in [-0.1, -0.05) is 12.1 Å². The van der Waals surface area contributed by atoms with Gasteiger partial charge in [-0.3, -0.25) is 0 Å². The normalized spacial score (nSPS) is 13.7. The van der Waals surface area contributed by atoms with Gasteiger partial charge < -0.3 is 10.5 Å². The van der Waals surface area contributed by atoms with Gasteiger partial charge in [0.15, 0.2) is 0 Å². The summed E-state index contributed by atoms with van der Waals surface area (Å²) in [6, 6.07) is 9.07. The molecule has 2 aromatic rings. The maximum Gasteiger partial charge on any atom is 0.131 e. The van der Waals surface area contributed by atoms with Crippen molar-refractivity contribution in [3.8, 4) is 11.1 Å². The Morgan fingerprint density at radius 1 is 1.11 bits per heavy atom. The molecule has 18 heavy (non-hydrogen) atoms. The van der Waals surface area contributed by atoms with Crippen LogP contribution in [0.2, 0.25) is 0 Å². The summed E-state index contributed by atoms with van der Waals surface area (Å²) in [7, 11) is 0. The van der Waals surface area contributed by atoms with Crippen molar-refractivity contribution in [2.45, 2.75) is 20.1 Å². The molecule has 3 rings (SSSR count). The maximum absolute atomic E-state index is 14.0. The van der Waals surface area contributed by atoms with Crippen LogP contribution in [0.4, 0.5) is 10.1 Å². The largest absolute Gasteiger partial charge is 0.398 e. The number of rotatable bonds is 1. The van der Waals surface area contributed by atoms with Crippen molar-refractivity contribution in [2.75, 3.05) is 5.73 Å². The van der Waals surface area contributed by atoms with E-state index in [2.05, 4.69) is 0 Å². The monoisotopic (exact) mass is 243 g/mol. The molecule has 0 fully saturated rings. The summed E-state index contributed by atoms with van der Waals surface area (Å²) >= 11 is 0. The molecule has 0 unspecified atom stereocenters. The summed E-state index contributed by atoms with van der Waals surface area (Å²) < 4.78 is 19.3. The summed E-state index contributed by atoms with van der Waals surface area (Å²) in [5, 5.41) is 0. The molecule has 2 nitrogen and oxygen atoms in total. The van der Waals surface area contributed by atoms with Gasteiger partial charge in [-0.05, 0) is 47.4 Å². The summed E-state index contributed by atoms with van der Waals surface area (Å²) in [6.07, 6.45) is 0. The molecule has 0 amide bonds. The third-order valence-corrected chi connectivity index (χ3v) is 3.39. The molecule has 2 N–H and O–H groups in total. The first-order chi connectivity index (χ1) is 8.65. The van der Waals surface area contributed by atoms with Crippen molar-refractivity contribution in [2.24, 2.45) is 0 Å². The highest BCUT2D eigenvalue weighted by Crippen LogP contribution is 2.30. The van der Waals surface area contributed by atoms with E-state index >= 15 is 0 Å². The van der Waals surface area contributed by atoms with Crippen molar-refractivity contribution in [3.63, 3.8) is 0 Å². The van der Waals surface area contributed by atoms with Crippen LogP contribution in [-0.4, -0.2) is 0 Å². The Balaban J connectivity index is 2.12. The van der Waals surface area contributed by atoms with E-state index in [-0.39, 0.29) is 5.82 Å². The van der Waals surface area contributed by atoms with Gasteiger partial charge in [-0.25, -0.2) is 4.39 Å². The third-order valence-electron chi connectivity index (χ3n) is 3.39. The van der Waals surface area contributed by atoms with E-state index in [1.807, 2.05) is 18.2 Å². The number of nitrogen functional groups attached to an aromatic ring is 1. The molecule has 0 aliphatic carbocycles. The fourth-order valence-corrected chi connectivity index (χ4v) is 2.25. The number of hydrogen-bond acceptors (Lipinski definition) is 2. The number of anilines is 1. The Kier molecular flexibility index (Phi) is 2.56. The third kappa shape index (κ3) is 1.77. The van der Waals surface area contributed by atoms with Crippen LogP contribution >= 0.6 is 0 Å². The molecule has 0 radical (unpaired) electrons. The van der Waals surface area contributed by atoms with E-state index in [1.165, 1.54) is 11.6 Å². The minimum atomic E-state index is -0.236. The number of aryl methyl sites for hydroxylation is 1. The molecule has 3 heteroatoms. The van der Waals surface area contributed by atoms with Crippen molar-refractivity contribution < 1.29 is 9.13 Å². The molecule has 1 aliphatic heterocycles. The first kappa shape index (κ1) is 11.2. The van der Waals surface area contributed by atoms with Gasteiger partial charge in [0, 0.05) is 11.3 Å². The van der Waals surface area contributed by atoms with Crippen molar-refractivity contribution >= 4 is 5.69 Å². The lowest BCUT2D eigenvalue weighted by molar-refractivity contribution is 0.134. The minimum absolute atomic E-state index is 0.236. The molecule has 92 valence electrons. The average Bonchev–Trinajstić information content (AvgIpc) is 2.80. The van der Waals surface area contributed by atoms with Gasteiger partial charge in [0.2, 0.25) is 0 Å². The van der Waals surface area contributed by atoms with Crippen molar-refractivity contribution in [1.82, 2.24) is 0 Å². The highest BCUT2D eigenvalue weighted by atomic mass is 19.1. The fraction of sp³-hybridized carbons (Fsp3) is 0.200. The molecule has 0 saturated heterocycles. The van der Waals surface area contributed by atoms with Gasteiger partial charge in [-0.15, -0.1) is 0 Å². The van der Waals surface area contributed by atoms with Crippen LogP contribution in [-0.2, 0) is 18.0 Å². The minimum Gasteiger partial charge on any atom is -0.398 e. The average molecular weight is 243 g/mol. The molecule has 0 aromatic heterocycles. The van der Waals surface area contributed by atoms with Gasteiger partial charge in [0.1, 0.15) is 5.82 Å². The van der Waals surface area contributed by atoms with Crippen LogP contribution < -0.4 is 5.73 Å². The summed E-state index contributed by atoms with van der Waals surface area (Å²) in [5.74, 6) is -0.236. The van der Waals surface area contributed by atoms with Crippen molar-refractivity contribution in [3.05, 3.63) is 52.8 Å². The first-order valence-corrected chi connectivity index (χ1v) is 5.90. The first-order valence-electron chi connectivity index (χ1n) is 5.90. The van der Waals surface area contributed by atoms with E-state index in [0.717, 1.165) is 16.7 Å². The Morgan fingerprint density at radius 3 is 2.72 bits per heavy atom. The zero-order valence-corrected chi connectivity index (χ0v) is 10.2. The van der Waals surface area contributed by atoms with Crippen LogP contribution in [0.25, 0.3) is 11.1 Å². The molecule has 1 aliphatic rings. The van der Waals surface area contributed by atoms with Crippen LogP contribution in [0.3, 0.4) is 0 Å². The molecule has 0 bridgehead atoms. The molecular weight excluding hydrogens is 229 g/mol. The standard InChI is InChI=1S/C15H14FNO/c1-9-4-14(16)13(6-15(9)17)10-2-3-11-7-18-8-12(11)5-10/h2-6H,7-8,17H2,1H3. The fourth-order valence-electron chi connectivity index (χ4n) is 2.25. The molecule has 0 spiro atoms. The Hall–Kier alpha value is -1.87. The maximum atomic E-state index is 14.0. The number of hydrogen-bond donors (Lipinski definition) is 1. The summed E-state index contributed by atoms with van der Waals surface area (Å²) in [4.78, 5) is 0. The lowest BCUT2D eigenvalue weighted by Gasteiger charge is -2.08. The quantitative estimate of drug-likeness (QED) is 0.779. The zero-order valence-electron chi connectivity index (χ0n) is 10.2. The smallest absolute Gasteiger partial charge is 0.131 e. The molecule has 0 atom stereocenters. The second-order valence-corrected chi connectivity index (χ2v) is 4.66. The van der Waals surface area contributed by atoms with Gasteiger partial charge in [0.25, 0.3) is 0 Å². The molecular formula is C15H14FNO. The zero-order chi connectivity index (χ0) is 12.7. The Labute approximate surface area is 105 Å². The van der Waals surface area contributed by atoms with Gasteiger partial charge in [-0.2, -0.15) is 0 Å². The lowest BCUT2D eigenvalue weighted by Crippen LogP contribution is -1.94. The molecule has 2 aromatic carbocycles. The van der Waals surface area contributed by atoms with Crippen LogP contribution in [0, 0.1) is 12.7 Å². The predicted octanol–water partition coefficient (Wildman–Crippen LogP) is 3.41. The van der Waals surface area contributed by atoms with Crippen LogP contribution in [0.1, 0.15) is 16.7 Å². The number of benzene rings is 2. The Morgan fingerprint density at radius 2 is 1.89 bits per heavy atom. The van der Waals surface area contributed by atoms with Crippen LogP contribution in [0.5, 0.6) is 0 Å². The van der Waals surface area contributed by atoms with E-state index in [1.54, 1.807) is 13.0 Å². The van der Waals surface area contributed by atoms with E-state index in [4.69, 9.17) is 10.5 Å².